The van der Waals surface area contributed by atoms with Crippen LogP contribution in [0.4, 0.5) is 4.39 Å². The fourth-order valence-corrected chi connectivity index (χ4v) is 4.56. The molecule has 6 heteroatoms. The molecule has 1 aliphatic heterocycles. The van der Waals surface area contributed by atoms with Gasteiger partial charge in [-0.15, -0.1) is 11.3 Å². The smallest absolute Gasteiger partial charge is 0.270 e. The summed E-state index contributed by atoms with van der Waals surface area (Å²) < 4.78 is 19.3. The van der Waals surface area contributed by atoms with Gasteiger partial charge in [0.1, 0.15) is 11.5 Å². The highest BCUT2D eigenvalue weighted by molar-refractivity contribution is 7.09. The van der Waals surface area contributed by atoms with E-state index in [1.54, 1.807) is 17.5 Å². The van der Waals surface area contributed by atoms with Crippen LogP contribution in [0.15, 0.2) is 60.0 Å². The van der Waals surface area contributed by atoms with Crippen LogP contribution in [-0.2, 0) is 16.6 Å². The van der Waals surface area contributed by atoms with E-state index >= 15 is 0 Å². The molecule has 1 aromatic heterocycles. The number of rotatable bonds is 6. The van der Waals surface area contributed by atoms with Crippen LogP contribution in [0, 0.1) is 5.82 Å². The van der Waals surface area contributed by atoms with Gasteiger partial charge in [0.25, 0.3) is 5.91 Å². The molecule has 1 fully saturated rings. The molecule has 0 saturated carbocycles. The van der Waals surface area contributed by atoms with Crippen molar-refractivity contribution in [2.24, 2.45) is 0 Å². The Labute approximate surface area is 173 Å². The van der Waals surface area contributed by atoms with Gasteiger partial charge < -0.3 is 10.1 Å². The molecular formula is C23H23FN2O2S. The van der Waals surface area contributed by atoms with Crippen molar-refractivity contribution in [3.63, 3.8) is 0 Å². The third kappa shape index (κ3) is 4.71. The summed E-state index contributed by atoms with van der Waals surface area (Å²) in [5.74, 6) is -0.451. The lowest BCUT2D eigenvalue weighted by molar-refractivity contribution is 0.0486. The lowest BCUT2D eigenvalue weighted by Crippen LogP contribution is -2.44. The van der Waals surface area contributed by atoms with Crippen molar-refractivity contribution >= 4 is 17.2 Å². The number of hydrogen-bond donors (Lipinski definition) is 1. The van der Waals surface area contributed by atoms with Gasteiger partial charge in [-0.3, -0.25) is 4.79 Å². The Kier molecular flexibility index (Phi) is 6.02. The fraction of sp³-hybridized carbons (Fsp3) is 0.304. The van der Waals surface area contributed by atoms with Gasteiger partial charge in [0.05, 0.1) is 5.01 Å². The summed E-state index contributed by atoms with van der Waals surface area (Å²) in [7, 11) is 0. The highest BCUT2D eigenvalue weighted by atomic mass is 32.1. The molecule has 150 valence electrons. The second-order valence-corrected chi connectivity index (χ2v) is 8.32. The Hall–Kier alpha value is -2.57. The lowest BCUT2D eigenvalue weighted by Gasteiger charge is -2.37. The summed E-state index contributed by atoms with van der Waals surface area (Å²) in [6, 6.07) is 16.7. The minimum atomic E-state index is -0.321. The summed E-state index contributed by atoms with van der Waals surface area (Å²) >= 11 is 1.49. The lowest BCUT2D eigenvalue weighted by atomic mass is 9.74. The number of aromatic nitrogens is 1. The molecule has 4 rings (SSSR count). The van der Waals surface area contributed by atoms with Gasteiger partial charge in [-0.2, -0.15) is 0 Å². The van der Waals surface area contributed by atoms with Gasteiger partial charge in [-0.05, 0) is 36.1 Å². The zero-order chi connectivity index (χ0) is 20.1. The van der Waals surface area contributed by atoms with Gasteiger partial charge in [0.15, 0.2) is 0 Å². The van der Waals surface area contributed by atoms with Crippen LogP contribution in [0.2, 0.25) is 0 Å². The molecule has 0 aliphatic carbocycles. The molecule has 0 bridgehead atoms. The summed E-state index contributed by atoms with van der Waals surface area (Å²) in [5, 5.41) is 5.74. The first-order valence-electron chi connectivity index (χ1n) is 9.75. The van der Waals surface area contributed by atoms with Crippen molar-refractivity contribution in [1.82, 2.24) is 10.3 Å². The molecule has 0 spiro atoms. The average molecular weight is 411 g/mol. The number of amides is 1. The molecule has 0 unspecified atom stereocenters. The SMILES string of the molecule is O=C(NCC1(c2cccc(F)c2)CCOCC1)c1csc(Cc2ccccc2)n1. The Morgan fingerprint density at radius 1 is 1.14 bits per heavy atom. The molecule has 4 nitrogen and oxygen atoms in total. The molecule has 3 aromatic rings. The number of ether oxygens (including phenoxy) is 1. The van der Waals surface area contributed by atoms with E-state index in [9.17, 15) is 9.18 Å². The maximum absolute atomic E-state index is 13.8. The Balaban J connectivity index is 1.45. The highest BCUT2D eigenvalue weighted by Gasteiger charge is 2.35. The van der Waals surface area contributed by atoms with Gasteiger partial charge in [-0.25, -0.2) is 9.37 Å². The summed E-state index contributed by atoms with van der Waals surface area (Å²) in [6.45, 7) is 1.64. The first-order valence-corrected chi connectivity index (χ1v) is 10.6. The maximum atomic E-state index is 13.8. The predicted octanol–water partition coefficient (Wildman–Crippen LogP) is 4.35. The van der Waals surface area contributed by atoms with E-state index in [2.05, 4.69) is 22.4 Å². The van der Waals surface area contributed by atoms with Crippen molar-refractivity contribution in [2.45, 2.75) is 24.7 Å². The van der Waals surface area contributed by atoms with Gasteiger partial charge in [0, 0.05) is 37.0 Å². The first kappa shape index (κ1) is 19.7. The molecule has 1 amide bonds. The first-order chi connectivity index (χ1) is 14.1. The van der Waals surface area contributed by atoms with Crippen LogP contribution in [0.25, 0.3) is 0 Å². The van der Waals surface area contributed by atoms with E-state index in [1.165, 1.54) is 23.0 Å². The number of thiazole rings is 1. The van der Waals surface area contributed by atoms with Crippen LogP contribution in [0.1, 0.15) is 39.5 Å². The van der Waals surface area contributed by atoms with Gasteiger partial charge in [0.2, 0.25) is 0 Å². The number of benzene rings is 2. The van der Waals surface area contributed by atoms with E-state index < -0.39 is 0 Å². The van der Waals surface area contributed by atoms with Crippen molar-refractivity contribution in [1.29, 1.82) is 0 Å². The van der Waals surface area contributed by atoms with E-state index in [0.717, 1.165) is 23.4 Å². The van der Waals surface area contributed by atoms with E-state index in [-0.39, 0.29) is 17.1 Å². The van der Waals surface area contributed by atoms with Crippen molar-refractivity contribution in [3.8, 4) is 0 Å². The monoisotopic (exact) mass is 410 g/mol. The summed E-state index contributed by atoms with van der Waals surface area (Å²) in [5.41, 5.74) is 2.19. The van der Waals surface area contributed by atoms with Crippen LogP contribution in [-0.4, -0.2) is 30.6 Å². The molecule has 2 heterocycles. The van der Waals surface area contributed by atoms with Crippen molar-refractivity contribution in [2.75, 3.05) is 19.8 Å². The Morgan fingerprint density at radius 3 is 2.69 bits per heavy atom. The molecular weight excluding hydrogens is 387 g/mol. The number of nitrogens with zero attached hydrogens (tertiary/aromatic N) is 1. The Morgan fingerprint density at radius 2 is 1.93 bits per heavy atom. The molecule has 0 atom stereocenters. The molecule has 1 aliphatic rings. The molecule has 1 N–H and O–H groups in total. The number of nitrogens with one attached hydrogen (secondary N) is 1. The Bertz CT molecular complexity index is 968. The van der Waals surface area contributed by atoms with E-state index in [1.807, 2.05) is 24.3 Å². The number of carbonyl (C=O) groups is 1. The van der Waals surface area contributed by atoms with Crippen LogP contribution >= 0.6 is 11.3 Å². The van der Waals surface area contributed by atoms with Gasteiger partial charge >= 0.3 is 0 Å². The second kappa shape index (κ2) is 8.84. The minimum absolute atomic E-state index is 0.192. The van der Waals surface area contributed by atoms with Crippen LogP contribution in [0.3, 0.4) is 0 Å². The van der Waals surface area contributed by atoms with Crippen LogP contribution < -0.4 is 5.32 Å². The minimum Gasteiger partial charge on any atom is -0.381 e. The number of hydrogen-bond acceptors (Lipinski definition) is 4. The van der Waals surface area contributed by atoms with E-state index in [4.69, 9.17) is 4.74 Å². The fourth-order valence-electron chi connectivity index (χ4n) is 3.75. The zero-order valence-corrected chi connectivity index (χ0v) is 16.9. The predicted molar refractivity (Wildman–Crippen MR) is 112 cm³/mol. The van der Waals surface area contributed by atoms with Crippen LogP contribution in [0.5, 0.6) is 0 Å². The largest absolute Gasteiger partial charge is 0.381 e. The molecule has 1 saturated heterocycles. The topological polar surface area (TPSA) is 51.2 Å². The maximum Gasteiger partial charge on any atom is 0.270 e. The molecule has 0 radical (unpaired) electrons. The van der Waals surface area contributed by atoms with Gasteiger partial charge in [-0.1, -0.05) is 42.5 Å². The highest BCUT2D eigenvalue weighted by Crippen LogP contribution is 2.34. The van der Waals surface area contributed by atoms with E-state index in [0.29, 0.717) is 31.9 Å². The summed E-state index contributed by atoms with van der Waals surface area (Å²) in [4.78, 5) is 17.2. The third-order valence-corrected chi connectivity index (χ3v) is 6.31. The molecule has 2 aromatic carbocycles. The second-order valence-electron chi connectivity index (χ2n) is 7.37. The number of carbonyl (C=O) groups excluding carboxylic acids is 1. The standard InChI is InChI=1S/C23H23FN2O2S/c24-19-8-4-7-18(14-19)23(9-11-28-12-10-23)16-25-22(27)20-15-29-21(26-20)13-17-5-2-1-3-6-17/h1-8,14-15H,9-13,16H2,(H,25,27). The average Bonchev–Trinajstić information content (AvgIpc) is 3.22. The van der Waals surface area contributed by atoms with Crippen molar-refractivity contribution < 1.29 is 13.9 Å². The third-order valence-electron chi connectivity index (χ3n) is 5.46. The van der Waals surface area contributed by atoms with Crippen molar-refractivity contribution in [3.05, 3.63) is 87.6 Å². The zero-order valence-electron chi connectivity index (χ0n) is 16.1. The normalized spacial score (nSPS) is 15.8. The quantitative estimate of drug-likeness (QED) is 0.657. The molecule has 29 heavy (non-hydrogen) atoms. The summed E-state index contributed by atoms with van der Waals surface area (Å²) in [6.07, 6.45) is 2.20. The number of halogens is 1.